The highest BCUT2D eigenvalue weighted by Gasteiger charge is 2.19. The number of nitrogens with one attached hydrogen (secondary N) is 3. The Bertz CT molecular complexity index is 2070. The van der Waals surface area contributed by atoms with Crippen LogP contribution in [0.15, 0.2) is 61.1 Å². The summed E-state index contributed by atoms with van der Waals surface area (Å²) in [6.45, 7) is 0.630. The number of nitrogens with zero attached hydrogens (tertiary/aromatic N) is 5. The van der Waals surface area contributed by atoms with Gasteiger partial charge in [-0.25, -0.2) is 31.9 Å². The van der Waals surface area contributed by atoms with Crippen LogP contribution < -0.4 is 4.72 Å². The van der Waals surface area contributed by atoms with Gasteiger partial charge in [-0.2, -0.15) is 5.10 Å². The SMILES string of the molecule is CN(C)Cc1cncc(-c2cc(F)c3n[nH]c(-c4nc5nccc(-c6cc(F)cc(CNS(C)(=O)=O)c6)c5[nH]4)c3c2)c1. The number of fused-ring (bicyclic) bond motifs is 2. The number of hydrogen-bond acceptors (Lipinski definition) is 7. The number of H-pyrrole nitrogens is 2. The second-order valence-corrected chi connectivity index (χ2v) is 12.2. The predicted molar refractivity (Wildman–Crippen MR) is 157 cm³/mol. The van der Waals surface area contributed by atoms with Gasteiger partial charge in [-0.05, 0) is 78.8 Å². The normalized spacial score (nSPS) is 12.1. The molecule has 3 N–H and O–H groups in total. The number of aromatic nitrogens is 6. The van der Waals surface area contributed by atoms with Crippen LogP contribution in [0.3, 0.4) is 0 Å². The van der Waals surface area contributed by atoms with Gasteiger partial charge in [0.05, 0.1) is 11.8 Å². The van der Waals surface area contributed by atoms with Crippen molar-refractivity contribution in [1.29, 1.82) is 0 Å². The fourth-order valence-corrected chi connectivity index (χ4v) is 5.34. The lowest BCUT2D eigenvalue weighted by molar-refractivity contribution is 0.402. The Morgan fingerprint density at radius 1 is 0.976 bits per heavy atom. The zero-order valence-electron chi connectivity index (χ0n) is 22.9. The van der Waals surface area contributed by atoms with Crippen LogP contribution in [0.1, 0.15) is 11.1 Å². The standard InChI is InChI=1S/C29H26F2N8O2S/c1-39(2)15-17-7-20(14-32-12-17)18-10-23-25(24(31)11-18)37-38-27(23)29-35-26-22(4-5-33-28(26)36-29)19-6-16(8-21(30)9-19)13-34-42(3,40)41/h4-12,14,34H,13,15H2,1-3H3,(H,37,38)(H,33,35,36). The molecule has 2 aromatic carbocycles. The first kappa shape index (κ1) is 27.6. The van der Waals surface area contributed by atoms with E-state index in [1.807, 2.05) is 31.1 Å². The molecular formula is C29H26F2N8O2S. The fraction of sp³-hybridized carbons (Fsp3) is 0.172. The molecule has 0 aliphatic rings. The highest BCUT2D eigenvalue weighted by Crippen LogP contribution is 2.34. The Balaban J connectivity index is 1.43. The van der Waals surface area contributed by atoms with E-state index in [1.165, 1.54) is 18.2 Å². The minimum atomic E-state index is -3.46. The first-order valence-corrected chi connectivity index (χ1v) is 14.8. The second kappa shape index (κ2) is 10.7. The monoisotopic (exact) mass is 588 g/mol. The van der Waals surface area contributed by atoms with Crippen molar-refractivity contribution in [1.82, 2.24) is 39.8 Å². The van der Waals surface area contributed by atoms with Gasteiger partial charge in [0.15, 0.2) is 17.3 Å². The van der Waals surface area contributed by atoms with Gasteiger partial charge < -0.3 is 9.88 Å². The van der Waals surface area contributed by atoms with E-state index in [0.29, 0.717) is 56.9 Å². The molecule has 42 heavy (non-hydrogen) atoms. The second-order valence-electron chi connectivity index (χ2n) is 10.4. The summed E-state index contributed by atoms with van der Waals surface area (Å²) in [5, 5.41) is 7.61. The predicted octanol–water partition coefficient (Wildman–Crippen LogP) is 4.62. The highest BCUT2D eigenvalue weighted by molar-refractivity contribution is 7.88. The van der Waals surface area contributed by atoms with Crippen LogP contribution >= 0.6 is 0 Å². The minimum absolute atomic E-state index is 0.0619. The number of sulfonamides is 1. The summed E-state index contributed by atoms with van der Waals surface area (Å²) >= 11 is 0. The third-order valence-corrected chi connectivity index (χ3v) is 7.34. The number of halogens is 2. The summed E-state index contributed by atoms with van der Waals surface area (Å²) < 4.78 is 55.3. The summed E-state index contributed by atoms with van der Waals surface area (Å²) in [6, 6.07) is 11.3. The van der Waals surface area contributed by atoms with Crippen molar-refractivity contribution in [3.05, 3.63) is 83.8 Å². The zero-order valence-corrected chi connectivity index (χ0v) is 23.7. The Hall–Kier alpha value is -4.59. The maximum absolute atomic E-state index is 15.2. The van der Waals surface area contributed by atoms with Gasteiger partial charge in [0.2, 0.25) is 10.0 Å². The molecule has 214 valence electrons. The number of imidazole rings is 1. The summed E-state index contributed by atoms with van der Waals surface area (Å²) in [5.41, 5.74) is 5.48. The maximum atomic E-state index is 15.2. The van der Waals surface area contributed by atoms with Gasteiger partial charge in [0, 0.05) is 48.2 Å². The molecule has 6 rings (SSSR count). The van der Waals surface area contributed by atoms with Crippen LogP contribution in [0, 0.1) is 11.6 Å². The van der Waals surface area contributed by atoms with Gasteiger partial charge in [0.1, 0.15) is 17.0 Å². The van der Waals surface area contributed by atoms with E-state index in [1.54, 1.807) is 30.7 Å². The molecule has 0 fully saturated rings. The average Bonchev–Trinajstić information content (AvgIpc) is 3.55. The van der Waals surface area contributed by atoms with Crippen LogP contribution in [0.5, 0.6) is 0 Å². The van der Waals surface area contributed by atoms with Gasteiger partial charge in [-0.1, -0.05) is 0 Å². The molecule has 0 aliphatic carbocycles. The third kappa shape index (κ3) is 5.62. The molecule has 0 amide bonds. The molecule has 0 spiro atoms. The van der Waals surface area contributed by atoms with E-state index in [0.717, 1.165) is 17.4 Å². The quantitative estimate of drug-likeness (QED) is 0.236. The molecule has 13 heteroatoms. The van der Waals surface area contributed by atoms with Crippen molar-refractivity contribution < 1.29 is 17.2 Å². The number of benzene rings is 2. The number of aromatic amines is 2. The van der Waals surface area contributed by atoms with Crippen molar-refractivity contribution in [2.24, 2.45) is 0 Å². The summed E-state index contributed by atoms with van der Waals surface area (Å²) in [5.74, 6) is -0.638. The first-order valence-electron chi connectivity index (χ1n) is 12.9. The Kier molecular flexibility index (Phi) is 7.01. The van der Waals surface area contributed by atoms with E-state index in [-0.39, 0.29) is 12.1 Å². The molecular weight excluding hydrogens is 562 g/mol. The highest BCUT2D eigenvalue weighted by atomic mass is 32.2. The van der Waals surface area contributed by atoms with E-state index in [4.69, 9.17) is 0 Å². The smallest absolute Gasteiger partial charge is 0.209 e. The average molecular weight is 589 g/mol. The lowest BCUT2D eigenvalue weighted by Gasteiger charge is -2.10. The summed E-state index contributed by atoms with van der Waals surface area (Å²) in [6.07, 6.45) is 6.07. The zero-order chi connectivity index (χ0) is 29.6. The third-order valence-electron chi connectivity index (χ3n) is 6.68. The van der Waals surface area contributed by atoms with Crippen LogP contribution in [0.2, 0.25) is 0 Å². The molecule has 0 bridgehead atoms. The van der Waals surface area contributed by atoms with Crippen molar-refractivity contribution in [3.63, 3.8) is 0 Å². The van der Waals surface area contributed by atoms with Crippen molar-refractivity contribution in [3.8, 4) is 33.8 Å². The van der Waals surface area contributed by atoms with Crippen molar-refractivity contribution in [2.45, 2.75) is 13.1 Å². The lowest BCUT2D eigenvalue weighted by atomic mass is 10.0. The van der Waals surface area contributed by atoms with Crippen molar-refractivity contribution >= 4 is 32.1 Å². The molecule has 4 heterocycles. The van der Waals surface area contributed by atoms with Gasteiger partial charge in [-0.3, -0.25) is 10.1 Å². The molecule has 6 aromatic rings. The molecule has 0 atom stereocenters. The van der Waals surface area contributed by atoms with Crippen LogP contribution in [0.4, 0.5) is 8.78 Å². The van der Waals surface area contributed by atoms with Crippen LogP contribution in [-0.4, -0.2) is 63.8 Å². The van der Waals surface area contributed by atoms with Gasteiger partial charge in [-0.15, -0.1) is 0 Å². The largest absolute Gasteiger partial charge is 0.335 e. The molecule has 4 aromatic heterocycles. The van der Waals surface area contributed by atoms with Gasteiger partial charge in [0.25, 0.3) is 0 Å². The van der Waals surface area contributed by atoms with Crippen LogP contribution in [-0.2, 0) is 23.1 Å². The van der Waals surface area contributed by atoms with E-state index in [2.05, 4.69) is 34.9 Å². The molecule has 0 saturated carbocycles. The Morgan fingerprint density at radius 3 is 2.57 bits per heavy atom. The Morgan fingerprint density at radius 2 is 1.79 bits per heavy atom. The molecule has 0 saturated heterocycles. The first-order chi connectivity index (χ1) is 20.0. The number of rotatable bonds is 8. The summed E-state index contributed by atoms with van der Waals surface area (Å²) in [4.78, 5) is 18.6. The van der Waals surface area contributed by atoms with Gasteiger partial charge >= 0.3 is 0 Å². The minimum Gasteiger partial charge on any atom is -0.335 e. The number of hydrogen-bond donors (Lipinski definition) is 3. The van der Waals surface area contributed by atoms with E-state index in [9.17, 15) is 12.8 Å². The summed E-state index contributed by atoms with van der Waals surface area (Å²) in [7, 11) is 0.473. The lowest BCUT2D eigenvalue weighted by Crippen LogP contribution is -2.21. The van der Waals surface area contributed by atoms with E-state index < -0.39 is 21.7 Å². The molecule has 0 radical (unpaired) electrons. The van der Waals surface area contributed by atoms with Crippen LogP contribution in [0.25, 0.3) is 55.8 Å². The fourth-order valence-electron chi connectivity index (χ4n) is 4.91. The number of pyridine rings is 2. The topological polar surface area (TPSA) is 133 Å². The Labute approximate surface area is 239 Å². The molecule has 10 nitrogen and oxygen atoms in total. The maximum Gasteiger partial charge on any atom is 0.209 e. The van der Waals surface area contributed by atoms with E-state index >= 15 is 4.39 Å². The molecule has 0 unspecified atom stereocenters. The molecule has 0 aliphatic heterocycles. The van der Waals surface area contributed by atoms with Crippen molar-refractivity contribution in [2.75, 3.05) is 20.4 Å².